The van der Waals surface area contributed by atoms with Gasteiger partial charge in [-0.3, -0.25) is 9.48 Å². The van der Waals surface area contributed by atoms with Crippen molar-refractivity contribution in [3.8, 4) is 0 Å². The molecule has 1 fully saturated rings. The molecule has 1 N–H and O–H groups in total. The fourth-order valence-electron chi connectivity index (χ4n) is 2.97. The summed E-state index contributed by atoms with van der Waals surface area (Å²) in [4.78, 5) is 13.0. The van der Waals surface area contributed by atoms with Crippen LogP contribution in [0.1, 0.15) is 30.9 Å². The molecule has 0 aliphatic carbocycles. The Labute approximate surface area is 143 Å². The zero-order valence-electron chi connectivity index (χ0n) is 14.3. The predicted molar refractivity (Wildman–Crippen MR) is 90.4 cm³/mol. The number of piperidine rings is 1. The summed E-state index contributed by atoms with van der Waals surface area (Å²) in [6.45, 7) is 2.43. The van der Waals surface area contributed by atoms with Gasteiger partial charge in [0.25, 0.3) is 0 Å². The van der Waals surface area contributed by atoms with Crippen LogP contribution in [0.5, 0.6) is 0 Å². The van der Waals surface area contributed by atoms with Gasteiger partial charge in [0.05, 0.1) is 11.4 Å². The van der Waals surface area contributed by atoms with E-state index in [0.717, 1.165) is 38.2 Å². The standard InChI is InChI=1S/C15H26N4O4S/c1-17(2)24(22,23)10-4-8-18-7-3-5-13(11-18)14-6-9-19(16-14)12-15(20)21/h6,9,13H,3-5,7-8,10-12H2,1-2H3,(H,20,21)/t13-/m0/s1. The molecule has 0 unspecified atom stereocenters. The van der Waals surface area contributed by atoms with E-state index in [9.17, 15) is 13.2 Å². The quantitative estimate of drug-likeness (QED) is 0.724. The summed E-state index contributed by atoms with van der Waals surface area (Å²) >= 11 is 0. The number of hydrogen-bond acceptors (Lipinski definition) is 5. The van der Waals surface area contributed by atoms with Crippen molar-refractivity contribution in [3.63, 3.8) is 0 Å². The molecule has 2 heterocycles. The van der Waals surface area contributed by atoms with Crippen molar-refractivity contribution >= 4 is 16.0 Å². The smallest absolute Gasteiger partial charge is 0.325 e. The lowest BCUT2D eigenvalue weighted by Gasteiger charge is -2.32. The van der Waals surface area contributed by atoms with Gasteiger partial charge < -0.3 is 10.0 Å². The molecule has 0 amide bonds. The highest BCUT2D eigenvalue weighted by Crippen LogP contribution is 2.25. The molecule has 0 saturated carbocycles. The van der Waals surface area contributed by atoms with E-state index in [1.165, 1.54) is 8.99 Å². The van der Waals surface area contributed by atoms with Gasteiger partial charge in [0, 0.05) is 32.8 Å². The van der Waals surface area contributed by atoms with E-state index in [1.807, 2.05) is 6.07 Å². The van der Waals surface area contributed by atoms with Crippen LogP contribution in [0.3, 0.4) is 0 Å². The summed E-state index contributed by atoms with van der Waals surface area (Å²) in [6.07, 6.45) is 4.38. The van der Waals surface area contributed by atoms with Crippen LogP contribution in [0.4, 0.5) is 0 Å². The molecule has 0 bridgehead atoms. The minimum Gasteiger partial charge on any atom is -0.480 e. The SMILES string of the molecule is CN(C)S(=O)(=O)CCCN1CCC[C@H](c2ccn(CC(=O)O)n2)C1. The van der Waals surface area contributed by atoms with Gasteiger partial charge in [0.15, 0.2) is 0 Å². The Morgan fingerprint density at radius 3 is 2.88 bits per heavy atom. The molecular formula is C15H26N4O4S. The summed E-state index contributed by atoms with van der Waals surface area (Å²) in [6, 6.07) is 1.88. The number of carboxylic acids is 1. The van der Waals surface area contributed by atoms with Crippen molar-refractivity contribution in [3.05, 3.63) is 18.0 Å². The van der Waals surface area contributed by atoms with Gasteiger partial charge in [-0.1, -0.05) is 0 Å². The first-order valence-corrected chi connectivity index (χ1v) is 9.76. The number of sulfonamides is 1. The van der Waals surface area contributed by atoms with E-state index in [0.29, 0.717) is 6.42 Å². The summed E-state index contributed by atoms with van der Waals surface area (Å²) in [5.74, 6) is -0.467. The number of hydrogen-bond donors (Lipinski definition) is 1. The average Bonchev–Trinajstić information content (AvgIpc) is 2.95. The number of aromatic nitrogens is 2. The number of rotatable bonds is 8. The second-order valence-corrected chi connectivity index (χ2v) is 8.73. The van der Waals surface area contributed by atoms with Crippen LogP contribution in [0.15, 0.2) is 12.3 Å². The average molecular weight is 358 g/mol. The van der Waals surface area contributed by atoms with Gasteiger partial charge >= 0.3 is 5.97 Å². The van der Waals surface area contributed by atoms with Crippen LogP contribution in [0.25, 0.3) is 0 Å². The van der Waals surface area contributed by atoms with Gasteiger partial charge in [-0.15, -0.1) is 0 Å². The summed E-state index contributed by atoms with van der Waals surface area (Å²) in [5, 5.41) is 13.2. The Bertz CT molecular complexity index is 656. The van der Waals surface area contributed by atoms with Gasteiger partial charge in [0.1, 0.15) is 6.54 Å². The maximum Gasteiger partial charge on any atom is 0.325 e. The second-order valence-electron chi connectivity index (χ2n) is 6.42. The predicted octanol–water partition coefficient (Wildman–Crippen LogP) is 0.429. The maximum atomic E-state index is 11.8. The lowest BCUT2D eigenvalue weighted by molar-refractivity contribution is -0.137. The Kier molecular flexibility index (Phi) is 6.36. The van der Waals surface area contributed by atoms with Gasteiger partial charge in [0.2, 0.25) is 10.0 Å². The first-order chi connectivity index (χ1) is 11.3. The normalized spacial score (nSPS) is 19.7. The largest absolute Gasteiger partial charge is 0.480 e. The van der Waals surface area contributed by atoms with Crippen molar-refractivity contribution in [1.29, 1.82) is 0 Å². The van der Waals surface area contributed by atoms with Gasteiger partial charge in [-0.05, 0) is 38.4 Å². The second kappa shape index (κ2) is 8.09. The third kappa shape index (κ3) is 5.29. The molecule has 1 saturated heterocycles. The molecule has 0 aromatic carbocycles. The first kappa shape index (κ1) is 18.9. The highest BCUT2D eigenvalue weighted by molar-refractivity contribution is 7.89. The molecule has 1 aliphatic heterocycles. The summed E-state index contributed by atoms with van der Waals surface area (Å²) in [7, 11) is -0.0270. The number of carbonyl (C=O) groups is 1. The minimum atomic E-state index is -3.14. The molecule has 1 atom stereocenters. The van der Waals surface area contributed by atoms with Crippen LogP contribution >= 0.6 is 0 Å². The van der Waals surface area contributed by atoms with Gasteiger partial charge in [-0.2, -0.15) is 5.10 Å². The number of aliphatic carboxylic acids is 1. The molecule has 1 aromatic heterocycles. The number of likely N-dealkylation sites (tertiary alicyclic amines) is 1. The molecule has 24 heavy (non-hydrogen) atoms. The molecule has 8 nitrogen and oxygen atoms in total. The Hall–Kier alpha value is -1.45. The molecule has 2 rings (SSSR count). The van der Waals surface area contributed by atoms with E-state index in [1.54, 1.807) is 20.3 Å². The van der Waals surface area contributed by atoms with Crippen LogP contribution in [-0.4, -0.2) is 78.0 Å². The third-order valence-electron chi connectivity index (χ3n) is 4.32. The van der Waals surface area contributed by atoms with Crippen LogP contribution in [0.2, 0.25) is 0 Å². The Balaban J connectivity index is 1.85. The van der Waals surface area contributed by atoms with Crippen LogP contribution < -0.4 is 0 Å². The molecule has 1 aromatic rings. The van der Waals surface area contributed by atoms with Crippen molar-refractivity contribution < 1.29 is 18.3 Å². The van der Waals surface area contributed by atoms with E-state index >= 15 is 0 Å². The Morgan fingerprint density at radius 2 is 2.21 bits per heavy atom. The van der Waals surface area contributed by atoms with Crippen molar-refractivity contribution in [2.75, 3.05) is 39.5 Å². The lowest BCUT2D eigenvalue weighted by atomic mass is 9.95. The molecule has 0 radical (unpaired) electrons. The van der Waals surface area contributed by atoms with E-state index in [2.05, 4.69) is 10.00 Å². The van der Waals surface area contributed by atoms with Gasteiger partial charge in [-0.25, -0.2) is 12.7 Å². The van der Waals surface area contributed by atoms with Crippen molar-refractivity contribution in [1.82, 2.24) is 19.0 Å². The van der Waals surface area contributed by atoms with E-state index in [4.69, 9.17) is 5.11 Å². The van der Waals surface area contributed by atoms with Crippen molar-refractivity contribution in [2.24, 2.45) is 0 Å². The third-order valence-corrected chi connectivity index (χ3v) is 6.23. The summed E-state index contributed by atoms with van der Waals surface area (Å²) < 4.78 is 26.3. The molecule has 136 valence electrons. The monoisotopic (exact) mass is 358 g/mol. The number of nitrogens with zero attached hydrogens (tertiary/aromatic N) is 4. The lowest BCUT2D eigenvalue weighted by Crippen LogP contribution is -2.36. The molecule has 9 heteroatoms. The zero-order valence-corrected chi connectivity index (χ0v) is 15.1. The van der Waals surface area contributed by atoms with E-state index in [-0.39, 0.29) is 18.2 Å². The van der Waals surface area contributed by atoms with Crippen molar-refractivity contribution in [2.45, 2.75) is 31.7 Å². The van der Waals surface area contributed by atoms with Crippen LogP contribution in [-0.2, 0) is 21.4 Å². The fourth-order valence-corrected chi connectivity index (χ4v) is 3.83. The maximum absolute atomic E-state index is 11.8. The first-order valence-electron chi connectivity index (χ1n) is 8.15. The molecular weight excluding hydrogens is 332 g/mol. The van der Waals surface area contributed by atoms with Crippen LogP contribution in [0, 0.1) is 0 Å². The summed E-state index contributed by atoms with van der Waals surface area (Å²) in [5.41, 5.74) is 0.918. The highest BCUT2D eigenvalue weighted by Gasteiger charge is 2.23. The topological polar surface area (TPSA) is 95.7 Å². The number of carboxylic acid groups (broad SMARTS) is 1. The fraction of sp³-hybridized carbons (Fsp3) is 0.733. The Morgan fingerprint density at radius 1 is 1.46 bits per heavy atom. The zero-order chi connectivity index (χ0) is 17.7. The molecule has 0 spiro atoms. The molecule has 1 aliphatic rings. The minimum absolute atomic E-state index is 0.126. The van der Waals surface area contributed by atoms with E-state index < -0.39 is 16.0 Å². The highest BCUT2D eigenvalue weighted by atomic mass is 32.2.